The zero-order valence-corrected chi connectivity index (χ0v) is 6.32. The molecule has 1 aliphatic heterocycles. The molecule has 0 saturated heterocycles. The van der Waals surface area contributed by atoms with Gasteiger partial charge in [-0.3, -0.25) is 0 Å². The molecule has 0 unspecified atom stereocenters. The molecule has 9 heavy (non-hydrogen) atoms. The van der Waals surface area contributed by atoms with Gasteiger partial charge in [-0.05, 0) is 13.8 Å². The second-order valence-corrected chi connectivity index (χ2v) is 2.72. The zero-order chi connectivity index (χ0) is 7.07. The molecule has 0 amide bonds. The minimum absolute atomic E-state index is 0.436. The summed E-state index contributed by atoms with van der Waals surface area (Å²) in [5, 5.41) is 0. The summed E-state index contributed by atoms with van der Waals surface area (Å²) in [6.07, 6.45) is 0. The Balaban J connectivity index is 2.70. The molecular formula is C7H12O2. The quantitative estimate of drug-likeness (QED) is 0.497. The van der Waals surface area contributed by atoms with Gasteiger partial charge in [0.2, 0.25) is 5.79 Å². The van der Waals surface area contributed by atoms with E-state index in [9.17, 15) is 0 Å². The molecule has 0 aliphatic carbocycles. The highest BCUT2D eigenvalue weighted by Gasteiger charge is 2.28. The molecule has 1 heterocycles. The summed E-state index contributed by atoms with van der Waals surface area (Å²) in [6.45, 7) is 7.61. The SMILES string of the molecule is CC1=C(C)OC(C)(C)O1. The number of hydrogen-bond acceptors (Lipinski definition) is 2. The Morgan fingerprint density at radius 2 is 1.33 bits per heavy atom. The molecular weight excluding hydrogens is 116 g/mol. The standard InChI is InChI=1S/C7H12O2/c1-5-6(2)9-7(3,4)8-5/h1-4H3. The van der Waals surface area contributed by atoms with E-state index in [1.807, 2.05) is 27.7 Å². The molecule has 52 valence electrons. The van der Waals surface area contributed by atoms with Gasteiger partial charge in [-0.2, -0.15) is 0 Å². The van der Waals surface area contributed by atoms with Gasteiger partial charge in [-0.1, -0.05) is 0 Å². The first kappa shape index (κ1) is 6.46. The van der Waals surface area contributed by atoms with Crippen molar-refractivity contribution in [3.05, 3.63) is 11.5 Å². The van der Waals surface area contributed by atoms with Crippen LogP contribution in [0.5, 0.6) is 0 Å². The van der Waals surface area contributed by atoms with Gasteiger partial charge in [0, 0.05) is 13.8 Å². The molecule has 0 saturated carbocycles. The van der Waals surface area contributed by atoms with Crippen molar-refractivity contribution in [3.8, 4) is 0 Å². The molecule has 0 fully saturated rings. The van der Waals surface area contributed by atoms with E-state index in [0.29, 0.717) is 0 Å². The summed E-state index contributed by atoms with van der Waals surface area (Å²) in [5.41, 5.74) is 0. The van der Waals surface area contributed by atoms with E-state index in [2.05, 4.69) is 0 Å². The maximum absolute atomic E-state index is 5.32. The Morgan fingerprint density at radius 3 is 1.44 bits per heavy atom. The minimum atomic E-state index is -0.436. The fourth-order valence-electron chi connectivity index (χ4n) is 0.902. The molecule has 1 aliphatic rings. The lowest BCUT2D eigenvalue weighted by molar-refractivity contribution is -0.122. The highest BCUT2D eigenvalue weighted by Crippen LogP contribution is 2.28. The molecule has 0 aromatic heterocycles. The first-order valence-corrected chi connectivity index (χ1v) is 3.07. The van der Waals surface area contributed by atoms with Gasteiger partial charge in [0.05, 0.1) is 0 Å². The van der Waals surface area contributed by atoms with Gasteiger partial charge in [-0.15, -0.1) is 0 Å². The fourth-order valence-corrected chi connectivity index (χ4v) is 0.902. The third-order valence-corrected chi connectivity index (χ3v) is 1.29. The molecule has 0 spiro atoms. The predicted octanol–water partition coefficient (Wildman–Crippen LogP) is 2.02. The number of rotatable bonds is 0. The van der Waals surface area contributed by atoms with Gasteiger partial charge in [-0.25, -0.2) is 0 Å². The van der Waals surface area contributed by atoms with Crippen LogP contribution in [0, 0.1) is 0 Å². The largest absolute Gasteiger partial charge is 0.454 e. The van der Waals surface area contributed by atoms with Crippen molar-refractivity contribution in [2.24, 2.45) is 0 Å². The van der Waals surface area contributed by atoms with Crippen LogP contribution in [0.1, 0.15) is 27.7 Å². The van der Waals surface area contributed by atoms with E-state index in [4.69, 9.17) is 9.47 Å². The molecule has 0 bridgehead atoms. The van der Waals surface area contributed by atoms with E-state index in [1.165, 1.54) is 0 Å². The van der Waals surface area contributed by atoms with Crippen LogP contribution in [-0.4, -0.2) is 5.79 Å². The van der Waals surface area contributed by atoms with Crippen LogP contribution in [0.25, 0.3) is 0 Å². The van der Waals surface area contributed by atoms with Crippen LogP contribution >= 0.6 is 0 Å². The number of ether oxygens (including phenoxy) is 2. The van der Waals surface area contributed by atoms with E-state index >= 15 is 0 Å². The molecule has 0 atom stereocenters. The topological polar surface area (TPSA) is 18.5 Å². The highest BCUT2D eigenvalue weighted by molar-refractivity contribution is 5.01. The third-order valence-electron chi connectivity index (χ3n) is 1.29. The lowest BCUT2D eigenvalue weighted by Crippen LogP contribution is -2.20. The van der Waals surface area contributed by atoms with Crippen molar-refractivity contribution in [3.63, 3.8) is 0 Å². The summed E-state index contributed by atoms with van der Waals surface area (Å²) in [6, 6.07) is 0. The van der Waals surface area contributed by atoms with Crippen LogP contribution in [0.2, 0.25) is 0 Å². The zero-order valence-electron chi connectivity index (χ0n) is 6.32. The van der Waals surface area contributed by atoms with E-state index in [0.717, 1.165) is 11.5 Å². The average Bonchev–Trinajstić information content (AvgIpc) is 1.79. The Hall–Kier alpha value is -0.660. The van der Waals surface area contributed by atoms with Crippen molar-refractivity contribution in [2.75, 3.05) is 0 Å². The monoisotopic (exact) mass is 128 g/mol. The Kier molecular flexibility index (Phi) is 1.19. The van der Waals surface area contributed by atoms with Crippen LogP contribution in [-0.2, 0) is 9.47 Å². The summed E-state index contributed by atoms with van der Waals surface area (Å²) < 4.78 is 10.6. The van der Waals surface area contributed by atoms with E-state index in [-0.39, 0.29) is 0 Å². The van der Waals surface area contributed by atoms with Gasteiger partial charge in [0.15, 0.2) is 0 Å². The summed E-state index contributed by atoms with van der Waals surface area (Å²) in [5.74, 6) is 1.34. The van der Waals surface area contributed by atoms with E-state index < -0.39 is 5.79 Å². The summed E-state index contributed by atoms with van der Waals surface area (Å²) >= 11 is 0. The molecule has 0 N–H and O–H groups in total. The second kappa shape index (κ2) is 1.66. The number of hydrogen-bond donors (Lipinski definition) is 0. The first-order chi connectivity index (χ1) is 4.01. The van der Waals surface area contributed by atoms with Crippen molar-refractivity contribution >= 4 is 0 Å². The predicted molar refractivity (Wildman–Crippen MR) is 34.6 cm³/mol. The van der Waals surface area contributed by atoms with E-state index in [1.54, 1.807) is 0 Å². The molecule has 2 nitrogen and oxygen atoms in total. The van der Waals surface area contributed by atoms with Crippen molar-refractivity contribution < 1.29 is 9.47 Å². The molecule has 0 aromatic carbocycles. The van der Waals surface area contributed by atoms with Gasteiger partial charge >= 0.3 is 0 Å². The average molecular weight is 128 g/mol. The molecule has 1 rings (SSSR count). The lowest BCUT2D eigenvalue weighted by Gasteiger charge is -2.17. The molecule has 0 aromatic rings. The lowest BCUT2D eigenvalue weighted by atomic mass is 10.4. The minimum Gasteiger partial charge on any atom is -0.454 e. The van der Waals surface area contributed by atoms with Gasteiger partial charge < -0.3 is 9.47 Å². The summed E-state index contributed by atoms with van der Waals surface area (Å²) in [7, 11) is 0. The maximum atomic E-state index is 5.32. The van der Waals surface area contributed by atoms with Crippen molar-refractivity contribution in [1.82, 2.24) is 0 Å². The Bertz CT molecular complexity index is 140. The highest BCUT2D eigenvalue weighted by atomic mass is 16.7. The van der Waals surface area contributed by atoms with Crippen molar-refractivity contribution in [1.29, 1.82) is 0 Å². The van der Waals surface area contributed by atoms with Crippen LogP contribution in [0.4, 0.5) is 0 Å². The van der Waals surface area contributed by atoms with Gasteiger partial charge in [0.1, 0.15) is 11.5 Å². The third kappa shape index (κ3) is 1.18. The maximum Gasteiger partial charge on any atom is 0.245 e. The van der Waals surface area contributed by atoms with Gasteiger partial charge in [0.25, 0.3) is 0 Å². The van der Waals surface area contributed by atoms with Crippen LogP contribution in [0.3, 0.4) is 0 Å². The van der Waals surface area contributed by atoms with Crippen LogP contribution in [0.15, 0.2) is 11.5 Å². The summed E-state index contributed by atoms with van der Waals surface area (Å²) in [4.78, 5) is 0. The normalized spacial score (nSPS) is 23.6. The smallest absolute Gasteiger partial charge is 0.245 e. The Morgan fingerprint density at radius 1 is 1.00 bits per heavy atom. The van der Waals surface area contributed by atoms with Crippen LogP contribution < -0.4 is 0 Å². The second-order valence-electron chi connectivity index (χ2n) is 2.72. The molecule has 2 heteroatoms. The Labute approximate surface area is 55.5 Å². The van der Waals surface area contributed by atoms with Crippen molar-refractivity contribution in [2.45, 2.75) is 33.5 Å². The first-order valence-electron chi connectivity index (χ1n) is 3.07. The molecule has 0 radical (unpaired) electrons. The fraction of sp³-hybridized carbons (Fsp3) is 0.714. The number of allylic oxidation sites excluding steroid dienone is 2.